The summed E-state index contributed by atoms with van der Waals surface area (Å²) in [6.45, 7) is 1.77. The Kier molecular flexibility index (Phi) is 5.52. The summed E-state index contributed by atoms with van der Waals surface area (Å²) < 4.78 is 0.922. The summed E-state index contributed by atoms with van der Waals surface area (Å²) in [6, 6.07) is 12.9. The Hall–Kier alpha value is -2.78. The topological polar surface area (TPSA) is 96.3 Å². The minimum Gasteiger partial charge on any atom is -0.351 e. The third kappa shape index (κ3) is 4.32. The van der Waals surface area contributed by atoms with E-state index in [-0.39, 0.29) is 11.6 Å². The minimum atomic E-state index is -0.507. The van der Waals surface area contributed by atoms with E-state index in [9.17, 15) is 14.9 Å². The van der Waals surface area contributed by atoms with Gasteiger partial charge in [0.1, 0.15) is 0 Å². The van der Waals surface area contributed by atoms with Crippen LogP contribution in [0, 0.1) is 10.1 Å². The van der Waals surface area contributed by atoms with Crippen LogP contribution in [0.1, 0.15) is 18.5 Å². The molecule has 138 valence electrons. The molecule has 1 unspecified atom stereocenters. The molecule has 3 rings (SSSR count). The molecule has 3 N–H and O–H groups in total. The second kappa shape index (κ2) is 7.85. The maximum absolute atomic E-state index is 12.9. The molecule has 0 saturated carbocycles. The number of halogens is 1. The molecule has 0 radical (unpaired) electrons. The monoisotopic (exact) mass is 446 g/mol. The van der Waals surface area contributed by atoms with Gasteiger partial charge in [-0.2, -0.15) is 0 Å². The maximum Gasteiger partial charge on any atom is 0.271 e. The Bertz CT molecular complexity index is 959. The highest BCUT2D eigenvalue weighted by atomic mass is 79.9. The van der Waals surface area contributed by atoms with Gasteiger partial charge in [0.05, 0.1) is 16.5 Å². The first kappa shape index (κ1) is 19.0. The lowest BCUT2D eigenvalue weighted by atomic mass is 9.95. The molecule has 2 aromatic rings. The number of nitro benzene ring substituents is 1. The fourth-order valence-corrected chi connectivity index (χ4v) is 3.33. The Morgan fingerprint density at radius 3 is 2.63 bits per heavy atom. The number of nitrogens with zero attached hydrogens (tertiary/aromatic N) is 1. The Morgan fingerprint density at radius 1 is 1.26 bits per heavy atom. The first-order valence-corrected chi connectivity index (χ1v) is 9.15. The van der Waals surface area contributed by atoms with E-state index in [0.29, 0.717) is 22.1 Å². The molecule has 0 aliphatic carbocycles. The van der Waals surface area contributed by atoms with E-state index >= 15 is 0 Å². The number of amides is 1. The fourth-order valence-electron chi connectivity index (χ4n) is 2.80. The third-order valence-electron chi connectivity index (χ3n) is 4.03. The van der Waals surface area contributed by atoms with Crippen LogP contribution < -0.4 is 16.0 Å². The van der Waals surface area contributed by atoms with Crippen molar-refractivity contribution < 1.29 is 9.72 Å². The standard InChI is InChI=1S/C18H15BrN4O3S/c1-10-15(17(24)21-13-3-2-4-14(9-13)23(25)26)16(22-18(27)20-10)11-5-7-12(19)8-6-11/h2-9,16H,1H3,(H,21,24)(H2,20,22,27). The largest absolute Gasteiger partial charge is 0.351 e. The molecule has 9 heteroatoms. The zero-order valence-electron chi connectivity index (χ0n) is 14.2. The lowest BCUT2D eigenvalue weighted by Gasteiger charge is -2.30. The predicted molar refractivity (Wildman–Crippen MR) is 110 cm³/mol. The summed E-state index contributed by atoms with van der Waals surface area (Å²) >= 11 is 8.62. The van der Waals surface area contributed by atoms with Crippen molar-refractivity contribution in [1.82, 2.24) is 10.6 Å². The highest BCUT2D eigenvalue weighted by Gasteiger charge is 2.30. The van der Waals surface area contributed by atoms with Gasteiger partial charge in [-0.25, -0.2) is 0 Å². The number of anilines is 1. The van der Waals surface area contributed by atoms with Crippen molar-refractivity contribution in [2.45, 2.75) is 13.0 Å². The number of allylic oxidation sites excluding steroid dienone is 1. The molecule has 2 aromatic carbocycles. The van der Waals surface area contributed by atoms with Gasteiger partial charge in [-0.15, -0.1) is 0 Å². The van der Waals surface area contributed by atoms with Crippen molar-refractivity contribution in [2.24, 2.45) is 0 Å². The van der Waals surface area contributed by atoms with Crippen LogP contribution in [0.3, 0.4) is 0 Å². The van der Waals surface area contributed by atoms with Crippen LogP contribution in [0.4, 0.5) is 11.4 Å². The summed E-state index contributed by atoms with van der Waals surface area (Å²) in [5, 5.41) is 20.2. The molecule has 0 fully saturated rings. The Balaban J connectivity index is 1.93. The number of carbonyl (C=O) groups is 1. The van der Waals surface area contributed by atoms with Gasteiger partial charge >= 0.3 is 0 Å². The van der Waals surface area contributed by atoms with Crippen molar-refractivity contribution in [3.8, 4) is 0 Å². The van der Waals surface area contributed by atoms with E-state index < -0.39 is 11.0 Å². The zero-order chi connectivity index (χ0) is 19.6. The van der Waals surface area contributed by atoms with Gasteiger partial charge in [0.2, 0.25) is 0 Å². The number of benzene rings is 2. The first-order chi connectivity index (χ1) is 12.8. The number of carbonyl (C=O) groups excluding carboxylic acids is 1. The van der Waals surface area contributed by atoms with Gasteiger partial charge in [-0.1, -0.05) is 34.1 Å². The van der Waals surface area contributed by atoms with E-state index in [4.69, 9.17) is 12.2 Å². The van der Waals surface area contributed by atoms with Crippen LogP contribution in [0.25, 0.3) is 0 Å². The predicted octanol–water partition coefficient (Wildman–Crippen LogP) is 3.79. The van der Waals surface area contributed by atoms with E-state index in [1.165, 1.54) is 18.2 Å². The molecule has 1 aliphatic rings. The van der Waals surface area contributed by atoms with Gasteiger partial charge in [0, 0.05) is 28.0 Å². The van der Waals surface area contributed by atoms with Crippen LogP contribution in [-0.4, -0.2) is 15.9 Å². The summed E-state index contributed by atoms with van der Waals surface area (Å²) in [6.07, 6.45) is 0. The smallest absolute Gasteiger partial charge is 0.271 e. The van der Waals surface area contributed by atoms with Crippen molar-refractivity contribution in [3.63, 3.8) is 0 Å². The zero-order valence-corrected chi connectivity index (χ0v) is 16.6. The summed E-state index contributed by atoms with van der Waals surface area (Å²) in [5.74, 6) is -0.372. The molecular formula is C18H15BrN4O3S. The average Bonchev–Trinajstić information content (AvgIpc) is 2.61. The molecule has 7 nitrogen and oxygen atoms in total. The Labute approximate surface area is 169 Å². The second-order valence-corrected chi connectivity index (χ2v) is 7.21. The molecule has 1 aliphatic heterocycles. The quantitative estimate of drug-likeness (QED) is 0.375. The third-order valence-corrected chi connectivity index (χ3v) is 4.78. The maximum atomic E-state index is 12.9. The Morgan fingerprint density at radius 2 is 1.96 bits per heavy atom. The molecule has 27 heavy (non-hydrogen) atoms. The molecule has 0 saturated heterocycles. The number of nitrogens with one attached hydrogen (secondary N) is 3. The molecule has 1 amide bonds. The van der Waals surface area contributed by atoms with E-state index in [1.807, 2.05) is 24.3 Å². The summed E-state index contributed by atoms with van der Waals surface area (Å²) in [5.41, 5.74) is 2.19. The molecular weight excluding hydrogens is 432 g/mol. The van der Waals surface area contributed by atoms with Gasteiger partial charge in [-0.05, 0) is 42.9 Å². The van der Waals surface area contributed by atoms with E-state index in [0.717, 1.165) is 10.0 Å². The van der Waals surface area contributed by atoms with Crippen LogP contribution in [0.15, 0.2) is 64.3 Å². The fraction of sp³-hybridized carbons (Fsp3) is 0.111. The SMILES string of the molecule is CC1=C(C(=O)Nc2cccc([N+](=O)[O-])c2)C(c2ccc(Br)cc2)NC(=S)N1. The highest BCUT2D eigenvalue weighted by molar-refractivity contribution is 9.10. The summed E-state index contributed by atoms with van der Waals surface area (Å²) in [4.78, 5) is 23.4. The van der Waals surface area contributed by atoms with Gasteiger partial charge in [0.15, 0.2) is 5.11 Å². The summed E-state index contributed by atoms with van der Waals surface area (Å²) in [7, 11) is 0. The minimum absolute atomic E-state index is 0.0935. The van der Waals surface area contributed by atoms with Crippen LogP contribution >= 0.6 is 28.1 Å². The average molecular weight is 447 g/mol. The lowest BCUT2D eigenvalue weighted by molar-refractivity contribution is -0.384. The molecule has 1 atom stereocenters. The molecule has 0 spiro atoms. The van der Waals surface area contributed by atoms with Crippen molar-refractivity contribution in [3.05, 3.63) is 80.0 Å². The van der Waals surface area contributed by atoms with Crippen LogP contribution in [-0.2, 0) is 4.79 Å². The highest BCUT2D eigenvalue weighted by Crippen LogP contribution is 2.29. The van der Waals surface area contributed by atoms with Gasteiger partial charge in [0.25, 0.3) is 11.6 Å². The molecule has 1 heterocycles. The van der Waals surface area contributed by atoms with Crippen molar-refractivity contribution in [1.29, 1.82) is 0 Å². The van der Waals surface area contributed by atoms with Crippen LogP contribution in [0.5, 0.6) is 0 Å². The second-order valence-electron chi connectivity index (χ2n) is 5.88. The van der Waals surface area contributed by atoms with Gasteiger partial charge in [-0.3, -0.25) is 14.9 Å². The number of nitro groups is 1. The van der Waals surface area contributed by atoms with Crippen LogP contribution in [0.2, 0.25) is 0 Å². The lowest BCUT2D eigenvalue weighted by Crippen LogP contribution is -2.45. The molecule has 0 aromatic heterocycles. The van der Waals surface area contributed by atoms with Crippen molar-refractivity contribution >= 4 is 50.5 Å². The van der Waals surface area contributed by atoms with E-state index in [1.54, 1.807) is 13.0 Å². The van der Waals surface area contributed by atoms with E-state index in [2.05, 4.69) is 31.9 Å². The number of rotatable bonds is 4. The number of hydrogen-bond donors (Lipinski definition) is 3. The number of thiocarbonyl (C=S) groups is 1. The first-order valence-electron chi connectivity index (χ1n) is 7.94. The normalized spacial score (nSPS) is 16.4. The number of hydrogen-bond acceptors (Lipinski definition) is 4. The van der Waals surface area contributed by atoms with Crippen molar-refractivity contribution in [2.75, 3.05) is 5.32 Å². The number of non-ortho nitro benzene ring substituents is 1. The van der Waals surface area contributed by atoms with Gasteiger partial charge < -0.3 is 16.0 Å². The molecule has 0 bridgehead atoms.